The average molecular weight is 560 g/mol. The van der Waals surface area contributed by atoms with Gasteiger partial charge in [0, 0.05) is 18.8 Å². The van der Waals surface area contributed by atoms with Gasteiger partial charge >= 0.3 is 11.9 Å². The molecule has 0 N–H and O–H groups in total. The molecule has 2 aromatic rings. The number of anilines is 1. The Kier molecular flexibility index (Phi) is 8.51. The van der Waals surface area contributed by atoms with E-state index in [1.165, 1.54) is 0 Å². The predicted octanol–water partition coefficient (Wildman–Crippen LogP) is 2.35. The molecular weight excluding hydrogens is 523 g/mol. The normalized spacial score (nSPS) is 26.8. The van der Waals surface area contributed by atoms with Gasteiger partial charge in [-0.25, -0.2) is 0 Å². The van der Waals surface area contributed by atoms with Gasteiger partial charge in [-0.05, 0) is 30.5 Å². The second-order valence-corrected chi connectivity index (χ2v) is 10.8. The van der Waals surface area contributed by atoms with Crippen molar-refractivity contribution in [1.82, 2.24) is 0 Å². The van der Waals surface area contributed by atoms with Gasteiger partial charge in [0.15, 0.2) is 12.6 Å². The minimum absolute atomic E-state index is 0. The Morgan fingerprint density at radius 1 is 0.917 bits per heavy atom. The molecule has 6 rings (SSSR count). The van der Waals surface area contributed by atoms with E-state index in [2.05, 4.69) is 12.1 Å². The van der Waals surface area contributed by atoms with E-state index in [9.17, 15) is 14.1 Å². The van der Waals surface area contributed by atoms with E-state index in [1.807, 2.05) is 18.2 Å². The summed E-state index contributed by atoms with van der Waals surface area (Å²) < 4.78 is 21.7. The van der Waals surface area contributed by atoms with Crippen LogP contribution in [0, 0.1) is 5.92 Å². The maximum absolute atomic E-state index is 14.8. The lowest BCUT2D eigenvalue weighted by atomic mass is 9.74. The van der Waals surface area contributed by atoms with Crippen LogP contribution in [0.15, 0.2) is 60.7 Å². The number of esters is 1. The van der Waals surface area contributed by atoms with Gasteiger partial charge in [0.05, 0.1) is 24.2 Å². The molecule has 0 aromatic heterocycles. The molecule has 4 fully saturated rings. The van der Waals surface area contributed by atoms with Gasteiger partial charge in [-0.3, -0.25) is 9.59 Å². The van der Waals surface area contributed by atoms with Gasteiger partial charge in [0.25, 0.3) is 0 Å². The number of ether oxygens (including phenoxy) is 1. The van der Waals surface area contributed by atoms with Gasteiger partial charge in [0.1, 0.15) is 6.54 Å². The van der Waals surface area contributed by atoms with Crippen LogP contribution in [0.1, 0.15) is 56.9 Å². The summed E-state index contributed by atoms with van der Waals surface area (Å²) in [5.74, 6) is -0.320. The molecule has 36 heavy (non-hydrogen) atoms. The Hall–Kier alpha value is -2.25. The molecule has 1 aliphatic carbocycles. The smallest absolute Gasteiger partial charge is 0.317 e. The molecule has 5 nitrogen and oxygen atoms in total. The molecule has 2 bridgehead atoms. The average Bonchev–Trinajstić information content (AvgIpc) is 3.17. The summed E-state index contributed by atoms with van der Waals surface area (Å²) in [5.41, 5.74) is 0.722. The maximum Gasteiger partial charge on any atom is 0.317 e. The number of rotatable bonds is 6. The number of benzene rings is 2. The minimum Gasteiger partial charge on any atom is -1.00 e. The Labute approximate surface area is 223 Å². The SMILES string of the molecule is O=C(C[N+]12CCC(CC1)C(OC(=O)C1(c3ccccc3)CCCCCC1)C2)N(F)c1ccccc1.[Br-]. The second-order valence-electron chi connectivity index (χ2n) is 10.8. The third-order valence-corrected chi connectivity index (χ3v) is 8.65. The van der Waals surface area contributed by atoms with E-state index in [-0.39, 0.29) is 46.4 Å². The van der Waals surface area contributed by atoms with Crippen LogP contribution < -0.4 is 22.1 Å². The molecule has 7 heteroatoms. The van der Waals surface area contributed by atoms with Crippen molar-refractivity contribution in [1.29, 1.82) is 0 Å². The predicted molar refractivity (Wildman–Crippen MR) is 133 cm³/mol. The Bertz CT molecular complexity index is 1020. The van der Waals surface area contributed by atoms with Crippen molar-refractivity contribution in [3.8, 4) is 0 Å². The van der Waals surface area contributed by atoms with Crippen molar-refractivity contribution in [3.63, 3.8) is 0 Å². The van der Waals surface area contributed by atoms with Gasteiger partial charge in [-0.15, -0.1) is 5.12 Å². The summed E-state index contributed by atoms with van der Waals surface area (Å²) in [4.78, 5) is 26.7. The van der Waals surface area contributed by atoms with Crippen LogP contribution in [0.25, 0.3) is 0 Å². The Morgan fingerprint density at radius 3 is 2.11 bits per heavy atom. The van der Waals surface area contributed by atoms with E-state index < -0.39 is 11.3 Å². The summed E-state index contributed by atoms with van der Waals surface area (Å²) in [6.07, 6.45) is 7.58. The first-order valence-corrected chi connectivity index (χ1v) is 13.2. The van der Waals surface area contributed by atoms with Crippen LogP contribution in [0.5, 0.6) is 0 Å². The lowest BCUT2D eigenvalue weighted by Gasteiger charge is -2.52. The summed E-state index contributed by atoms with van der Waals surface area (Å²) >= 11 is 0. The number of hydrogen-bond donors (Lipinski definition) is 0. The van der Waals surface area contributed by atoms with Gasteiger partial charge in [0.2, 0.25) is 0 Å². The van der Waals surface area contributed by atoms with Crippen molar-refractivity contribution >= 4 is 17.6 Å². The van der Waals surface area contributed by atoms with Crippen LogP contribution in [0.3, 0.4) is 0 Å². The molecule has 3 aliphatic heterocycles. The number of halogens is 2. The standard InChI is InChI=1S/C29H36FN2O3.BrH/c30-31(25-13-7-4-8-14-25)27(33)22-32-19-15-23(16-20-32)26(21-32)35-28(34)29(17-9-1-2-10-18-29)24-11-5-3-6-12-24;/h3-8,11-14,23,26H,1-2,9-10,15-22H2;1H/q+1;/p-1. The highest BCUT2D eigenvalue weighted by atomic mass is 79.9. The molecule has 1 atom stereocenters. The van der Waals surface area contributed by atoms with Crippen molar-refractivity contribution in [2.24, 2.45) is 5.92 Å². The second kappa shape index (κ2) is 11.4. The number of hydrogen-bond acceptors (Lipinski definition) is 3. The minimum atomic E-state index is -0.590. The van der Waals surface area contributed by atoms with Crippen LogP contribution in [0.4, 0.5) is 10.2 Å². The molecule has 194 valence electrons. The molecule has 3 saturated heterocycles. The summed E-state index contributed by atoms with van der Waals surface area (Å²) in [6.45, 7) is 2.35. The molecule has 0 radical (unpaired) electrons. The first-order valence-electron chi connectivity index (χ1n) is 13.2. The first kappa shape index (κ1) is 26.8. The molecule has 0 spiro atoms. The molecule has 2 aromatic carbocycles. The highest BCUT2D eigenvalue weighted by molar-refractivity contribution is 5.92. The van der Waals surface area contributed by atoms with E-state index in [0.717, 1.165) is 70.0 Å². The van der Waals surface area contributed by atoms with Crippen LogP contribution in [-0.4, -0.2) is 48.6 Å². The van der Waals surface area contributed by atoms with Crippen molar-refractivity contribution in [2.45, 2.75) is 62.9 Å². The lowest BCUT2D eigenvalue weighted by Crippen LogP contribution is -3.00. The third-order valence-electron chi connectivity index (χ3n) is 8.65. The topological polar surface area (TPSA) is 46.6 Å². The van der Waals surface area contributed by atoms with Gasteiger partial charge in [-0.2, -0.15) is 0 Å². The number of quaternary nitrogens is 1. The highest BCUT2D eigenvalue weighted by Gasteiger charge is 2.51. The van der Waals surface area contributed by atoms with Crippen molar-refractivity contribution in [2.75, 3.05) is 31.3 Å². The van der Waals surface area contributed by atoms with E-state index in [0.29, 0.717) is 16.9 Å². The maximum atomic E-state index is 14.8. The van der Waals surface area contributed by atoms with Crippen LogP contribution in [0.2, 0.25) is 0 Å². The zero-order valence-corrected chi connectivity index (χ0v) is 22.4. The zero-order valence-electron chi connectivity index (χ0n) is 20.8. The molecular formula is C29H36BrFN2O3. The number of fused-ring (bicyclic) bond motifs is 3. The fourth-order valence-electron chi connectivity index (χ4n) is 6.58. The number of para-hydroxylation sites is 1. The largest absolute Gasteiger partial charge is 1.00 e. The highest BCUT2D eigenvalue weighted by Crippen LogP contribution is 2.42. The van der Waals surface area contributed by atoms with E-state index >= 15 is 0 Å². The van der Waals surface area contributed by atoms with Crippen LogP contribution >= 0.6 is 0 Å². The molecule has 3 heterocycles. The number of amides is 1. The molecule has 1 amide bonds. The van der Waals surface area contributed by atoms with E-state index in [4.69, 9.17) is 4.74 Å². The fourth-order valence-corrected chi connectivity index (χ4v) is 6.58. The summed E-state index contributed by atoms with van der Waals surface area (Å²) in [7, 11) is 0. The summed E-state index contributed by atoms with van der Waals surface area (Å²) in [6, 6.07) is 18.6. The monoisotopic (exact) mass is 558 g/mol. The third kappa shape index (κ3) is 5.37. The number of piperidine rings is 3. The van der Waals surface area contributed by atoms with Crippen molar-refractivity contribution in [3.05, 3.63) is 66.2 Å². The fraction of sp³-hybridized carbons (Fsp3) is 0.517. The summed E-state index contributed by atoms with van der Waals surface area (Å²) in [5, 5.41) is 0.268. The zero-order chi connectivity index (χ0) is 24.3. The lowest BCUT2D eigenvalue weighted by molar-refractivity contribution is -0.939. The van der Waals surface area contributed by atoms with Crippen molar-refractivity contribution < 1.29 is 40.3 Å². The molecule has 1 unspecified atom stereocenters. The number of nitrogens with zero attached hydrogens (tertiary/aromatic N) is 2. The Morgan fingerprint density at radius 2 is 1.50 bits per heavy atom. The molecule has 1 saturated carbocycles. The van der Waals surface area contributed by atoms with Gasteiger partial charge < -0.3 is 26.2 Å². The quantitative estimate of drug-likeness (QED) is 0.237. The number of carbonyl (C=O) groups excluding carboxylic acids is 2. The van der Waals surface area contributed by atoms with Crippen LogP contribution in [-0.2, 0) is 19.7 Å². The molecule has 4 aliphatic rings. The first-order chi connectivity index (χ1) is 17.0. The van der Waals surface area contributed by atoms with Gasteiger partial charge in [-0.1, -0.05) is 78.7 Å². The Balaban J connectivity index is 0.00000304. The number of carbonyl (C=O) groups is 2. The van der Waals surface area contributed by atoms with E-state index in [1.54, 1.807) is 30.3 Å².